The highest BCUT2D eigenvalue weighted by Gasteiger charge is 2.21. The number of pyridine rings is 1. The van der Waals surface area contributed by atoms with Gasteiger partial charge in [-0.1, -0.05) is 24.8 Å². The molecule has 0 spiro atoms. The van der Waals surface area contributed by atoms with Gasteiger partial charge in [0.05, 0.1) is 29.2 Å². The highest BCUT2D eigenvalue weighted by atomic mass is 79.9. The number of fused-ring (bicyclic) bond motifs is 1. The molecule has 0 aliphatic rings. The minimum absolute atomic E-state index is 0.0359. The maximum Gasteiger partial charge on any atom is 0.271 e. The average Bonchev–Trinajstić information content (AvgIpc) is 2.71. The van der Waals surface area contributed by atoms with E-state index in [1.165, 1.54) is 29.2 Å². The zero-order chi connectivity index (χ0) is 22.0. The minimum Gasteiger partial charge on any atom is -0.363 e. The van der Waals surface area contributed by atoms with E-state index in [-0.39, 0.29) is 33.5 Å². The number of nitrogens with zero attached hydrogens (tertiary/aromatic N) is 3. The van der Waals surface area contributed by atoms with Crippen molar-refractivity contribution in [1.29, 1.82) is 0 Å². The van der Waals surface area contributed by atoms with Crippen molar-refractivity contribution in [1.82, 2.24) is 14.5 Å². The van der Waals surface area contributed by atoms with Crippen molar-refractivity contribution in [2.75, 3.05) is 12.0 Å². The molecule has 0 aliphatic carbocycles. The molecule has 158 valence electrons. The van der Waals surface area contributed by atoms with Crippen molar-refractivity contribution in [3.05, 3.63) is 69.1 Å². The average molecular weight is 485 g/mol. The molecule has 30 heavy (non-hydrogen) atoms. The molecule has 1 atom stereocenters. The largest absolute Gasteiger partial charge is 0.363 e. The molecule has 3 rings (SSSR count). The number of nitrogens with one attached hydrogen (secondary N) is 1. The molecule has 5 nitrogen and oxygen atoms in total. The van der Waals surface area contributed by atoms with Gasteiger partial charge in [-0.25, -0.2) is 23.1 Å². The first kappa shape index (κ1) is 21.9. The Morgan fingerprint density at radius 2 is 2.00 bits per heavy atom. The van der Waals surface area contributed by atoms with Gasteiger partial charge in [-0.15, -0.1) is 0 Å². The summed E-state index contributed by atoms with van der Waals surface area (Å²) in [6.45, 7) is 4.63. The Balaban J connectivity index is 2.08. The molecule has 2 heterocycles. The summed E-state index contributed by atoms with van der Waals surface area (Å²) >= 11 is 3.20. The van der Waals surface area contributed by atoms with Crippen molar-refractivity contribution in [3.63, 3.8) is 0 Å². The van der Waals surface area contributed by atoms with Crippen LogP contribution in [0.1, 0.15) is 36.9 Å². The van der Waals surface area contributed by atoms with E-state index in [0.717, 1.165) is 6.07 Å². The SMILES string of the molecule is C=C(CCF)n1cc2c(N[C@H](C)c3cccc(C(F)F)c3F)ncnc2c(Br)c1=O. The maximum absolute atomic E-state index is 14.5. The van der Waals surface area contributed by atoms with Crippen LogP contribution in [0.3, 0.4) is 0 Å². The van der Waals surface area contributed by atoms with E-state index in [1.807, 2.05) is 0 Å². The van der Waals surface area contributed by atoms with Gasteiger partial charge in [-0.2, -0.15) is 0 Å². The van der Waals surface area contributed by atoms with Gasteiger partial charge in [0, 0.05) is 23.9 Å². The smallest absolute Gasteiger partial charge is 0.271 e. The van der Waals surface area contributed by atoms with E-state index in [1.54, 1.807) is 6.92 Å². The minimum atomic E-state index is -2.94. The van der Waals surface area contributed by atoms with Crippen LogP contribution in [0.4, 0.5) is 23.4 Å². The molecule has 0 aliphatic heterocycles. The lowest BCUT2D eigenvalue weighted by molar-refractivity contribution is 0.146. The van der Waals surface area contributed by atoms with Gasteiger partial charge in [-0.3, -0.25) is 13.8 Å². The summed E-state index contributed by atoms with van der Waals surface area (Å²) in [6.07, 6.45) is -0.352. The van der Waals surface area contributed by atoms with E-state index in [2.05, 4.69) is 37.8 Å². The van der Waals surface area contributed by atoms with Crippen molar-refractivity contribution in [2.45, 2.75) is 25.8 Å². The Bertz CT molecular complexity index is 1170. The molecule has 1 N–H and O–H groups in total. The number of anilines is 1. The topological polar surface area (TPSA) is 59.8 Å². The van der Waals surface area contributed by atoms with Crippen LogP contribution in [0.5, 0.6) is 0 Å². The van der Waals surface area contributed by atoms with Crippen molar-refractivity contribution in [3.8, 4) is 0 Å². The van der Waals surface area contributed by atoms with Crippen LogP contribution in [0.15, 0.2) is 46.6 Å². The Morgan fingerprint density at radius 3 is 2.67 bits per heavy atom. The Morgan fingerprint density at radius 1 is 1.30 bits per heavy atom. The Labute approximate surface area is 177 Å². The van der Waals surface area contributed by atoms with Crippen LogP contribution in [0, 0.1) is 5.82 Å². The van der Waals surface area contributed by atoms with Gasteiger partial charge in [0.25, 0.3) is 12.0 Å². The fraction of sp³-hybridized carbons (Fsp3) is 0.250. The molecule has 10 heteroatoms. The van der Waals surface area contributed by atoms with E-state index >= 15 is 0 Å². The molecule has 0 bridgehead atoms. The van der Waals surface area contributed by atoms with Gasteiger partial charge < -0.3 is 5.32 Å². The predicted octanol–water partition coefficient (Wildman–Crippen LogP) is 5.63. The normalized spacial score (nSPS) is 12.4. The number of halogens is 5. The molecule has 0 amide bonds. The maximum atomic E-state index is 14.5. The molecule has 0 radical (unpaired) electrons. The van der Waals surface area contributed by atoms with Crippen LogP contribution < -0.4 is 10.9 Å². The first-order valence-corrected chi connectivity index (χ1v) is 9.68. The lowest BCUT2D eigenvalue weighted by atomic mass is 10.0. The van der Waals surface area contributed by atoms with Crippen LogP contribution in [0.25, 0.3) is 16.6 Å². The predicted molar refractivity (Wildman–Crippen MR) is 111 cm³/mol. The number of hydrogen-bond donors (Lipinski definition) is 1. The molecule has 3 aromatic rings. The molecule has 0 saturated carbocycles. The first-order valence-electron chi connectivity index (χ1n) is 8.89. The molecular formula is C20H17BrF4N4O. The number of allylic oxidation sites excluding steroid dienone is 1. The quantitative estimate of drug-likeness (QED) is 0.441. The summed E-state index contributed by atoms with van der Waals surface area (Å²) in [6, 6.07) is 3.06. The number of aromatic nitrogens is 3. The fourth-order valence-electron chi connectivity index (χ4n) is 3.02. The van der Waals surface area contributed by atoms with Gasteiger partial charge in [0.1, 0.15) is 22.4 Å². The molecule has 0 saturated heterocycles. The second kappa shape index (κ2) is 8.95. The van der Waals surface area contributed by atoms with Gasteiger partial charge in [0.2, 0.25) is 0 Å². The van der Waals surface area contributed by atoms with Gasteiger partial charge >= 0.3 is 0 Å². The zero-order valence-corrected chi connectivity index (χ0v) is 17.4. The van der Waals surface area contributed by atoms with E-state index in [0.29, 0.717) is 5.39 Å². The number of benzene rings is 1. The first-order chi connectivity index (χ1) is 14.3. The molecule has 1 aromatic carbocycles. The van der Waals surface area contributed by atoms with E-state index in [9.17, 15) is 22.4 Å². The second-order valence-electron chi connectivity index (χ2n) is 6.53. The third-order valence-corrected chi connectivity index (χ3v) is 5.31. The zero-order valence-electron chi connectivity index (χ0n) is 15.8. The summed E-state index contributed by atoms with van der Waals surface area (Å²) in [5, 5.41) is 3.37. The van der Waals surface area contributed by atoms with E-state index in [4.69, 9.17) is 0 Å². The van der Waals surface area contributed by atoms with Crippen molar-refractivity contribution >= 4 is 38.3 Å². The van der Waals surface area contributed by atoms with Crippen LogP contribution in [-0.4, -0.2) is 21.2 Å². The molecule has 0 fully saturated rings. The molecule has 2 aromatic heterocycles. The summed E-state index contributed by atoms with van der Waals surface area (Å²) in [5.41, 5.74) is -0.588. The molecular weight excluding hydrogens is 468 g/mol. The van der Waals surface area contributed by atoms with Gasteiger partial charge in [0.15, 0.2) is 0 Å². The van der Waals surface area contributed by atoms with Crippen LogP contribution >= 0.6 is 15.9 Å². The third kappa shape index (κ3) is 4.09. The standard InChI is InChI=1S/C20H17BrF4N4O/c1-10(6-7-22)29-8-14-17(15(21)20(29)30)26-9-27-19(14)28-11(2)12-4-3-5-13(16(12)23)18(24)25/h3-5,8-9,11,18H,1,6-7H2,2H3,(H,26,27,28)/t11-/m1/s1. The summed E-state index contributed by atoms with van der Waals surface area (Å²) in [4.78, 5) is 20.8. The van der Waals surface area contributed by atoms with Crippen molar-refractivity contribution < 1.29 is 17.6 Å². The Hall–Kier alpha value is -2.75. The monoisotopic (exact) mass is 484 g/mol. The summed E-state index contributed by atoms with van der Waals surface area (Å²) in [7, 11) is 0. The van der Waals surface area contributed by atoms with Crippen LogP contribution in [-0.2, 0) is 0 Å². The van der Waals surface area contributed by atoms with E-state index < -0.39 is 36.1 Å². The highest BCUT2D eigenvalue weighted by molar-refractivity contribution is 9.10. The number of alkyl halides is 3. The summed E-state index contributed by atoms with van der Waals surface area (Å²) < 4.78 is 54.6. The van der Waals surface area contributed by atoms with Crippen LogP contribution in [0.2, 0.25) is 0 Å². The lowest BCUT2D eigenvalue weighted by Gasteiger charge is -2.19. The third-order valence-electron chi connectivity index (χ3n) is 4.59. The summed E-state index contributed by atoms with van der Waals surface area (Å²) in [5.74, 6) is -0.753. The number of rotatable bonds is 7. The Kier molecular flexibility index (Phi) is 6.55. The van der Waals surface area contributed by atoms with Crippen molar-refractivity contribution in [2.24, 2.45) is 0 Å². The molecule has 0 unspecified atom stereocenters. The van der Waals surface area contributed by atoms with Gasteiger partial charge in [-0.05, 0) is 22.9 Å². The fourth-order valence-corrected chi connectivity index (χ4v) is 3.53. The lowest BCUT2D eigenvalue weighted by Crippen LogP contribution is -2.21. The highest BCUT2D eigenvalue weighted by Crippen LogP contribution is 2.31. The second-order valence-corrected chi connectivity index (χ2v) is 7.32. The number of hydrogen-bond acceptors (Lipinski definition) is 4.